The van der Waals surface area contributed by atoms with Gasteiger partial charge in [-0.2, -0.15) is 10.5 Å². The smallest absolute Gasteiger partial charge is 0.294 e. The highest BCUT2D eigenvalue weighted by atomic mass is 79.9. The summed E-state index contributed by atoms with van der Waals surface area (Å²) in [5, 5.41) is 30.6. The van der Waals surface area contributed by atoms with Gasteiger partial charge in [0.15, 0.2) is 0 Å². The molecule has 0 heterocycles. The second kappa shape index (κ2) is 6.15. The minimum atomic E-state index is -0.565. The first-order valence-corrected chi connectivity index (χ1v) is 5.98. The van der Waals surface area contributed by atoms with Crippen LogP contribution in [0.15, 0.2) is 32.9 Å². The first-order valence-electron chi connectivity index (χ1n) is 4.40. The van der Waals surface area contributed by atoms with Crippen molar-refractivity contribution in [3.63, 3.8) is 0 Å². The molecule has 0 bridgehead atoms. The van der Waals surface area contributed by atoms with Crippen molar-refractivity contribution >= 4 is 43.2 Å². The molecule has 0 atom stereocenters. The van der Waals surface area contributed by atoms with E-state index in [-0.39, 0.29) is 16.9 Å². The van der Waals surface area contributed by atoms with Crippen molar-refractivity contribution in [1.29, 1.82) is 10.5 Å². The van der Waals surface area contributed by atoms with E-state index in [4.69, 9.17) is 10.5 Å². The van der Waals surface area contributed by atoms with Crippen LogP contribution in [0.2, 0.25) is 0 Å². The third-order valence-corrected chi connectivity index (χ3v) is 2.92. The van der Waals surface area contributed by atoms with Gasteiger partial charge in [0.05, 0.1) is 4.92 Å². The Bertz CT molecular complexity index is 598. The molecule has 0 aromatic heterocycles. The van der Waals surface area contributed by atoms with Crippen molar-refractivity contribution in [2.45, 2.75) is 0 Å². The second-order valence-corrected chi connectivity index (χ2v) is 4.73. The SMILES string of the molecule is N#CC(C#N)=CNc1c(Br)cc(Br)cc1[N+](=O)[O-]. The second-order valence-electron chi connectivity index (χ2n) is 2.96. The van der Waals surface area contributed by atoms with Crippen LogP contribution in [0.3, 0.4) is 0 Å². The average Bonchev–Trinajstić information content (AvgIpc) is 2.31. The topological polar surface area (TPSA) is 103 Å². The number of halogens is 2. The van der Waals surface area contributed by atoms with Crippen LogP contribution in [0.5, 0.6) is 0 Å². The molecule has 0 fully saturated rings. The number of nitro benzene ring substituents is 1. The maximum Gasteiger partial charge on any atom is 0.294 e. The number of hydrogen-bond donors (Lipinski definition) is 1. The van der Waals surface area contributed by atoms with Crippen LogP contribution >= 0.6 is 31.9 Å². The van der Waals surface area contributed by atoms with Gasteiger partial charge in [0.25, 0.3) is 5.69 Å². The number of nitro groups is 1. The number of anilines is 1. The predicted molar refractivity (Wildman–Crippen MR) is 71.4 cm³/mol. The summed E-state index contributed by atoms with van der Waals surface area (Å²) in [6.45, 7) is 0. The molecule has 6 nitrogen and oxygen atoms in total. The molecule has 18 heavy (non-hydrogen) atoms. The Morgan fingerprint density at radius 1 is 1.39 bits per heavy atom. The summed E-state index contributed by atoms with van der Waals surface area (Å²) in [5.41, 5.74) is -0.187. The molecule has 0 spiro atoms. The first kappa shape index (κ1) is 14.2. The van der Waals surface area contributed by atoms with Crippen LogP contribution in [0.25, 0.3) is 0 Å². The molecule has 90 valence electrons. The van der Waals surface area contributed by atoms with E-state index >= 15 is 0 Å². The van der Waals surface area contributed by atoms with Crippen LogP contribution in [-0.4, -0.2) is 4.92 Å². The quantitative estimate of drug-likeness (QED) is 0.497. The van der Waals surface area contributed by atoms with Crippen LogP contribution in [0.1, 0.15) is 0 Å². The minimum absolute atomic E-state index is 0.172. The number of allylic oxidation sites excluding steroid dienone is 1. The fourth-order valence-corrected chi connectivity index (χ4v) is 2.40. The highest BCUT2D eigenvalue weighted by molar-refractivity contribution is 9.11. The van der Waals surface area contributed by atoms with Gasteiger partial charge in [-0.05, 0) is 22.0 Å². The van der Waals surface area contributed by atoms with Gasteiger partial charge in [-0.1, -0.05) is 15.9 Å². The van der Waals surface area contributed by atoms with Gasteiger partial charge < -0.3 is 5.32 Å². The van der Waals surface area contributed by atoms with Crippen molar-refractivity contribution in [2.75, 3.05) is 5.32 Å². The minimum Gasteiger partial charge on any atom is -0.353 e. The Labute approximate surface area is 119 Å². The summed E-state index contributed by atoms with van der Waals surface area (Å²) in [4.78, 5) is 10.3. The highest BCUT2D eigenvalue weighted by Gasteiger charge is 2.17. The van der Waals surface area contributed by atoms with Crippen molar-refractivity contribution in [1.82, 2.24) is 0 Å². The van der Waals surface area contributed by atoms with Gasteiger partial charge in [0, 0.05) is 21.2 Å². The normalized spacial score (nSPS) is 8.89. The van der Waals surface area contributed by atoms with E-state index in [2.05, 4.69) is 37.2 Å². The Kier molecular flexibility index (Phi) is 4.84. The van der Waals surface area contributed by atoms with Gasteiger partial charge in [-0.3, -0.25) is 10.1 Å². The zero-order valence-corrected chi connectivity index (χ0v) is 11.8. The number of nitriles is 2. The number of benzene rings is 1. The molecule has 0 aliphatic heterocycles. The number of rotatable bonds is 3. The Morgan fingerprint density at radius 3 is 2.50 bits per heavy atom. The van der Waals surface area contributed by atoms with Gasteiger partial charge >= 0.3 is 0 Å². The average molecular weight is 372 g/mol. The Hall–Kier alpha value is -1.90. The number of nitrogens with zero attached hydrogens (tertiary/aromatic N) is 3. The molecule has 1 rings (SSSR count). The Balaban J connectivity index is 3.26. The standard InChI is InChI=1S/C10H4Br2N4O2/c11-7-1-8(12)10(9(2-7)16(17)18)15-5-6(3-13)4-14/h1-2,5,15H. The molecule has 0 radical (unpaired) electrons. The molecule has 0 unspecified atom stereocenters. The summed E-state index contributed by atoms with van der Waals surface area (Å²) >= 11 is 6.31. The summed E-state index contributed by atoms with van der Waals surface area (Å²) in [6, 6.07) is 6.22. The molecule has 8 heteroatoms. The molecule has 1 aromatic carbocycles. The van der Waals surface area contributed by atoms with Crippen molar-refractivity contribution in [3.8, 4) is 12.1 Å². The van der Waals surface area contributed by atoms with E-state index in [1.54, 1.807) is 18.2 Å². The third kappa shape index (κ3) is 3.29. The summed E-state index contributed by atoms with van der Waals surface area (Å²) in [7, 11) is 0. The maximum atomic E-state index is 10.9. The maximum absolute atomic E-state index is 10.9. The van der Waals surface area contributed by atoms with Gasteiger partial charge in [-0.25, -0.2) is 0 Å². The van der Waals surface area contributed by atoms with Crippen molar-refractivity contribution in [3.05, 3.63) is 43.0 Å². The molecule has 0 aliphatic carbocycles. The summed E-state index contributed by atoms with van der Waals surface area (Å²) in [5.74, 6) is 0. The molecule has 0 amide bonds. The molecular formula is C10H4Br2N4O2. The van der Waals surface area contributed by atoms with Gasteiger partial charge in [0.1, 0.15) is 23.4 Å². The van der Waals surface area contributed by atoms with E-state index in [1.165, 1.54) is 6.07 Å². The fraction of sp³-hybridized carbons (Fsp3) is 0. The third-order valence-electron chi connectivity index (χ3n) is 1.83. The van der Waals surface area contributed by atoms with Crippen LogP contribution < -0.4 is 5.32 Å². The van der Waals surface area contributed by atoms with Crippen LogP contribution in [0, 0.1) is 32.8 Å². The lowest BCUT2D eigenvalue weighted by Gasteiger charge is -2.05. The van der Waals surface area contributed by atoms with Gasteiger partial charge in [-0.15, -0.1) is 0 Å². The molecule has 1 aromatic rings. The monoisotopic (exact) mass is 370 g/mol. The first-order chi connectivity index (χ1) is 8.49. The van der Waals surface area contributed by atoms with Gasteiger partial charge in [0.2, 0.25) is 0 Å². The van der Waals surface area contributed by atoms with E-state index in [0.717, 1.165) is 6.20 Å². The van der Waals surface area contributed by atoms with Crippen molar-refractivity contribution < 1.29 is 4.92 Å². The zero-order valence-electron chi connectivity index (χ0n) is 8.65. The van der Waals surface area contributed by atoms with Crippen LogP contribution in [0.4, 0.5) is 11.4 Å². The molecule has 0 saturated carbocycles. The van der Waals surface area contributed by atoms with E-state index < -0.39 is 4.92 Å². The lowest BCUT2D eigenvalue weighted by atomic mass is 10.2. The lowest BCUT2D eigenvalue weighted by Crippen LogP contribution is -1.98. The van der Waals surface area contributed by atoms with Crippen molar-refractivity contribution in [2.24, 2.45) is 0 Å². The number of nitrogens with one attached hydrogen (secondary N) is 1. The summed E-state index contributed by atoms with van der Waals surface area (Å²) in [6.07, 6.45) is 1.11. The summed E-state index contributed by atoms with van der Waals surface area (Å²) < 4.78 is 0.978. The van der Waals surface area contributed by atoms with E-state index in [9.17, 15) is 10.1 Å². The van der Waals surface area contributed by atoms with E-state index in [0.29, 0.717) is 8.95 Å². The molecule has 1 N–H and O–H groups in total. The largest absolute Gasteiger partial charge is 0.353 e. The Morgan fingerprint density at radius 2 is 2.00 bits per heavy atom. The predicted octanol–water partition coefficient (Wildman–Crippen LogP) is 3.46. The van der Waals surface area contributed by atoms with Crippen LogP contribution in [-0.2, 0) is 0 Å². The molecular weight excluding hydrogens is 368 g/mol. The molecule has 0 saturated heterocycles. The number of hydrogen-bond acceptors (Lipinski definition) is 5. The molecule has 0 aliphatic rings. The highest BCUT2D eigenvalue weighted by Crippen LogP contribution is 2.35. The lowest BCUT2D eigenvalue weighted by molar-refractivity contribution is -0.384. The van der Waals surface area contributed by atoms with E-state index in [1.807, 2.05) is 0 Å². The zero-order chi connectivity index (χ0) is 13.7. The fourth-order valence-electron chi connectivity index (χ4n) is 1.08.